The van der Waals surface area contributed by atoms with Crippen LogP contribution in [-0.2, 0) is 4.74 Å². The van der Waals surface area contributed by atoms with Gasteiger partial charge in [-0.3, -0.25) is 9.69 Å². The summed E-state index contributed by atoms with van der Waals surface area (Å²) < 4.78 is 7.38. The number of fused-ring (bicyclic) bond motifs is 1. The Morgan fingerprint density at radius 3 is 2.68 bits per heavy atom. The van der Waals surface area contributed by atoms with E-state index < -0.39 is 0 Å². The number of ether oxygens (including phenoxy) is 1. The summed E-state index contributed by atoms with van der Waals surface area (Å²) in [4.78, 5) is 22.8. The molecule has 3 aromatic rings. The monoisotopic (exact) mass is 379 g/mol. The van der Waals surface area contributed by atoms with Crippen LogP contribution in [0.4, 0.5) is 0 Å². The molecule has 2 aromatic heterocycles. The van der Waals surface area contributed by atoms with Crippen LogP contribution in [0, 0.1) is 0 Å². The van der Waals surface area contributed by atoms with Gasteiger partial charge in [-0.25, -0.2) is 9.67 Å². The average Bonchev–Trinajstić information content (AvgIpc) is 3.13. The molecule has 7 heteroatoms. The van der Waals surface area contributed by atoms with Crippen molar-refractivity contribution in [2.24, 2.45) is 0 Å². The minimum atomic E-state index is -0.106. The van der Waals surface area contributed by atoms with E-state index in [9.17, 15) is 4.79 Å². The number of hydrogen-bond donors (Lipinski definition) is 1. The minimum Gasteiger partial charge on any atom is -0.381 e. The van der Waals surface area contributed by atoms with E-state index in [0.29, 0.717) is 17.0 Å². The number of likely N-dealkylation sites (tertiary alicyclic amines) is 1. The molecule has 0 spiro atoms. The molecule has 0 aliphatic carbocycles. The largest absolute Gasteiger partial charge is 0.381 e. The first-order valence-corrected chi connectivity index (χ1v) is 10.0. The summed E-state index contributed by atoms with van der Waals surface area (Å²) in [5, 5.41) is 5.04. The summed E-state index contributed by atoms with van der Waals surface area (Å²) in [5.41, 5.74) is 1.96. The molecule has 5 rings (SSSR count). The molecule has 0 saturated carbocycles. The fraction of sp³-hybridized carbons (Fsp3) is 0.476. The number of aromatic nitrogens is 4. The van der Waals surface area contributed by atoms with Gasteiger partial charge in [0.1, 0.15) is 11.2 Å². The van der Waals surface area contributed by atoms with Crippen molar-refractivity contribution >= 4 is 11.0 Å². The maximum absolute atomic E-state index is 12.6. The van der Waals surface area contributed by atoms with Gasteiger partial charge in [-0.1, -0.05) is 30.3 Å². The summed E-state index contributed by atoms with van der Waals surface area (Å²) in [6.45, 7) is 5.53. The van der Waals surface area contributed by atoms with Gasteiger partial charge in [0.05, 0.1) is 18.3 Å². The predicted molar refractivity (Wildman–Crippen MR) is 106 cm³/mol. The van der Waals surface area contributed by atoms with Gasteiger partial charge < -0.3 is 9.72 Å². The highest BCUT2D eigenvalue weighted by atomic mass is 16.5. The molecule has 4 heterocycles. The minimum absolute atomic E-state index is 0.0649. The standard InChI is InChI=1S/C21H25N5O2/c1-14(25-12-16(13-25)15-5-3-2-4-6-15)19-23-20-18(21(27)24-19)11-22-26(20)17-7-9-28-10-8-17/h2-6,11,14,16-17H,7-10,12-13H2,1H3,(H,23,24,27)/t14-/m1/s1. The van der Waals surface area contributed by atoms with Crippen LogP contribution in [-0.4, -0.2) is 51.0 Å². The Balaban J connectivity index is 1.39. The molecule has 0 unspecified atom stereocenters. The van der Waals surface area contributed by atoms with Crippen LogP contribution in [0.15, 0.2) is 41.3 Å². The van der Waals surface area contributed by atoms with Crippen molar-refractivity contribution in [3.8, 4) is 0 Å². The van der Waals surface area contributed by atoms with E-state index in [2.05, 4.69) is 46.2 Å². The van der Waals surface area contributed by atoms with E-state index in [1.54, 1.807) is 6.20 Å². The summed E-state index contributed by atoms with van der Waals surface area (Å²) in [5.74, 6) is 1.27. The zero-order chi connectivity index (χ0) is 19.1. The number of rotatable bonds is 4. The maximum atomic E-state index is 12.6. The van der Waals surface area contributed by atoms with Gasteiger partial charge in [-0.05, 0) is 25.3 Å². The SMILES string of the molecule is C[C@H](c1nc2c(cnn2C2CCOCC2)c(=O)[nH]1)N1CC(c2ccccc2)C1. The molecule has 146 valence electrons. The molecule has 2 aliphatic heterocycles. The third-order valence-electron chi connectivity index (χ3n) is 6.14. The van der Waals surface area contributed by atoms with Crippen molar-refractivity contribution in [2.75, 3.05) is 26.3 Å². The molecule has 2 fully saturated rings. The molecule has 2 saturated heterocycles. The fourth-order valence-corrected chi connectivity index (χ4v) is 4.29. The van der Waals surface area contributed by atoms with Crippen molar-refractivity contribution in [3.05, 3.63) is 58.3 Å². The molecule has 1 aromatic carbocycles. The van der Waals surface area contributed by atoms with E-state index in [0.717, 1.165) is 45.0 Å². The summed E-state index contributed by atoms with van der Waals surface area (Å²) in [7, 11) is 0. The third kappa shape index (κ3) is 3.04. The van der Waals surface area contributed by atoms with Crippen molar-refractivity contribution in [1.29, 1.82) is 0 Å². The van der Waals surface area contributed by atoms with Crippen LogP contribution in [0.25, 0.3) is 11.0 Å². The van der Waals surface area contributed by atoms with Crippen LogP contribution in [0.5, 0.6) is 0 Å². The summed E-state index contributed by atoms with van der Waals surface area (Å²) >= 11 is 0. The van der Waals surface area contributed by atoms with Crippen molar-refractivity contribution in [3.63, 3.8) is 0 Å². The molecule has 1 N–H and O–H groups in total. The van der Waals surface area contributed by atoms with Gasteiger partial charge in [-0.2, -0.15) is 5.10 Å². The van der Waals surface area contributed by atoms with Crippen LogP contribution < -0.4 is 5.56 Å². The molecular weight excluding hydrogens is 354 g/mol. The van der Waals surface area contributed by atoms with Crippen molar-refractivity contribution in [1.82, 2.24) is 24.6 Å². The van der Waals surface area contributed by atoms with Crippen molar-refractivity contribution in [2.45, 2.75) is 37.8 Å². The number of hydrogen-bond acceptors (Lipinski definition) is 5. The molecule has 7 nitrogen and oxygen atoms in total. The zero-order valence-corrected chi connectivity index (χ0v) is 16.0. The topological polar surface area (TPSA) is 76.0 Å². The fourth-order valence-electron chi connectivity index (χ4n) is 4.29. The highest BCUT2D eigenvalue weighted by Gasteiger charge is 2.33. The maximum Gasteiger partial charge on any atom is 0.262 e. The molecule has 1 atom stereocenters. The highest BCUT2D eigenvalue weighted by Crippen LogP contribution is 2.33. The smallest absolute Gasteiger partial charge is 0.262 e. The summed E-state index contributed by atoms with van der Waals surface area (Å²) in [6, 6.07) is 10.9. The van der Waals surface area contributed by atoms with Gasteiger partial charge in [0.25, 0.3) is 5.56 Å². The molecular formula is C21H25N5O2. The van der Waals surface area contributed by atoms with E-state index in [1.165, 1.54) is 5.56 Å². The number of benzene rings is 1. The lowest BCUT2D eigenvalue weighted by Gasteiger charge is -2.43. The first kappa shape index (κ1) is 17.6. The van der Waals surface area contributed by atoms with Gasteiger partial charge >= 0.3 is 0 Å². The Morgan fingerprint density at radius 2 is 1.93 bits per heavy atom. The van der Waals surface area contributed by atoms with E-state index >= 15 is 0 Å². The average molecular weight is 379 g/mol. The van der Waals surface area contributed by atoms with Gasteiger partial charge in [-0.15, -0.1) is 0 Å². The molecule has 0 bridgehead atoms. The number of nitrogens with zero attached hydrogens (tertiary/aromatic N) is 4. The second-order valence-electron chi connectivity index (χ2n) is 7.86. The number of aromatic amines is 1. The lowest BCUT2D eigenvalue weighted by Crippen LogP contribution is -2.46. The van der Waals surface area contributed by atoms with Crippen LogP contribution in [0.1, 0.15) is 49.2 Å². The molecule has 28 heavy (non-hydrogen) atoms. The Morgan fingerprint density at radius 1 is 1.18 bits per heavy atom. The Labute approximate surface area is 163 Å². The summed E-state index contributed by atoms with van der Waals surface area (Å²) in [6.07, 6.45) is 3.45. The predicted octanol–water partition coefficient (Wildman–Crippen LogP) is 2.63. The van der Waals surface area contributed by atoms with E-state index in [-0.39, 0.29) is 17.6 Å². The Kier molecular flexibility index (Phi) is 4.49. The number of H-pyrrole nitrogens is 1. The van der Waals surface area contributed by atoms with Gasteiger partial charge in [0.2, 0.25) is 0 Å². The Hall–Kier alpha value is -2.51. The van der Waals surface area contributed by atoms with E-state index in [4.69, 9.17) is 9.72 Å². The van der Waals surface area contributed by atoms with Gasteiger partial charge in [0, 0.05) is 32.2 Å². The quantitative estimate of drug-likeness (QED) is 0.754. The first-order valence-electron chi connectivity index (χ1n) is 10.0. The lowest BCUT2D eigenvalue weighted by molar-refractivity contribution is 0.0672. The third-order valence-corrected chi connectivity index (χ3v) is 6.14. The molecule has 2 aliphatic rings. The van der Waals surface area contributed by atoms with Gasteiger partial charge in [0.15, 0.2) is 5.65 Å². The van der Waals surface area contributed by atoms with Crippen LogP contribution in [0.2, 0.25) is 0 Å². The normalized spacial score (nSPS) is 20.3. The highest BCUT2D eigenvalue weighted by molar-refractivity contribution is 5.73. The lowest BCUT2D eigenvalue weighted by atomic mass is 9.90. The Bertz CT molecular complexity index is 1020. The van der Waals surface area contributed by atoms with Crippen molar-refractivity contribution < 1.29 is 4.74 Å². The van der Waals surface area contributed by atoms with Crippen LogP contribution in [0.3, 0.4) is 0 Å². The van der Waals surface area contributed by atoms with E-state index in [1.807, 2.05) is 10.7 Å². The second-order valence-corrected chi connectivity index (χ2v) is 7.86. The molecule has 0 amide bonds. The number of nitrogens with one attached hydrogen (secondary N) is 1. The zero-order valence-electron chi connectivity index (χ0n) is 16.0. The second kappa shape index (κ2) is 7.14. The first-order chi connectivity index (χ1) is 13.7. The van der Waals surface area contributed by atoms with Crippen LogP contribution >= 0.6 is 0 Å². The molecule has 0 radical (unpaired) electrons.